The topological polar surface area (TPSA) is 29.4 Å². The molecule has 0 rings (SSSR count). The van der Waals surface area contributed by atoms with E-state index in [9.17, 15) is 4.79 Å². The van der Waals surface area contributed by atoms with Crippen LogP contribution in [0, 0.1) is 0 Å². The number of nitrogens with zero attached hydrogens (tertiary/aromatic N) is 1. The van der Waals surface area contributed by atoms with Gasteiger partial charge in [0, 0.05) is 12.6 Å². The second kappa shape index (κ2) is 5.82. The zero-order chi connectivity index (χ0) is 5.54. The fourth-order valence-electron chi connectivity index (χ4n) is 0.191. The Morgan fingerprint density at radius 3 is 2.71 bits per heavy atom. The largest absolute Gasteiger partial charge is 0.303 e. The van der Waals surface area contributed by atoms with Gasteiger partial charge < -0.3 is 4.79 Å². The highest BCUT2D eigenvalue weighted by atomic mass is 79.9. The molecule has 3 heteroatoms. The summed E-state index contributed by atoms with van der Waals surface area (Å²) >= 11 is 2.83. The lowest BCUT2D eigenvalue weighted by Crippen LogP contribution is -1.74. The van der Waals surface area contributed by atoms with Crippen LogP contribution < -0.4 is 0 Å². The van der Waals surface area contributed by atoms with E-state index in [-0.39, 0.29) is 0 Å². The van der Waals surface area contributed by atoms with Crippen LogP contribution in [0.2, 0.25) is 0 Å². The molecule has 0 aromatic heterocycles. The van der Waals surface area contributed by atoms with Gasteiger partial charge in [0.15, 0.2) is 0 Å². The molecule has 0 bridgehead atoms. The van der Waals surface area contributed by atoms with E-state index >= 15 is 0 Å². The van der Waals surface area contributed by atoms with E-state index in [1.165, 1.54) is 0 Å². The number of aldehydes is 1. The smallest absolute Gasteiger partial charge is 0.120 e. The Morgan fingerprint density at radius 1 is 1.57 bits per heavy atom. The van der Waals surface area contributed by atoms with Crippen LogP contribution in [0.1, 0.15) is 12.8 Å². The Balaban J connectivity index is 2.82. The average molecular weight is 164 g/mol. The molecular formula is C4H6BrNO. The molecule has 0 amide bonds. The molecule has 0 N–H and O–H groups in total. The van der Waals surface area contributed by atoms with Crippen molar-refractivity contribution in [2.24, 2.45) is 4.02 Å². The summed E-state index contributed by atoms with van der Waals surface area (Å²) in [5.41, 5.74) is 0. The Bertz CT molecular complexity index is 72.1. The Kier molecular flexibility index (Phi) is 5.67. The first-order valence-electron chi connectivity index (χ1n) is 1.98. The van der Waals surface area contributed by atoms with E-state index in [4.69, 9.17) is 0 Å². The number of carbonyl (C=O) groups excluding carboxylic acids is 1. The van der Waals surface area contributed by atoms with Crippen molar-refractivity contribution in [2.45, 2.75) is 12.8 Å². The molecule has 0 aromatic rings. The van der Waals surface area contributed by atoms with Gasteiger partial charge in [-0.1, -0.05) is 0 Å². The van der Waals surface area contributed by atoms with Crippen molar-refractivity contribution in [3.05, 3.63) is 0 Å². The maximum absolute atomic E-state index is 9.60. The molecule has 0 aliphatic heterocycles. The second-order valence-corrected chi connectivity index (χ2v) is 1.43. The number of unbranched alkanes of at least 4 members (excludes halogenated alkanes) is 1. The normalized spacial score (nSPS) is 9.86. The molecule has 0 fully saturated rings. The van der Waals surface area contributed by atoms with Gasteiger partial charge in [-0.3, -0.25) is 0 Å². The molecule has 7 heavy (non-hydrogen) atoms. The van der Waals surface area contributed by atoms with E-state index in [1.54, 1.807) is 6.21 Å². The molecule has 2 nitrogen and oxygen atoms in total. The third-order valence-corrected chi connectivity index (χ3v) is 0.772. The Labute approximate surface area is 51.0 Å². The van der Waals surface area contributed by atoms with Gasteiger partial charge in [0.1, 0.15) is 6.29 Å². The minimum Gasteiger partial charge on any atom is -0.303 e. The van der Waals surface area contributed by atoms with Crippen molar-refractivity contribution in [3.63, 3.8) is 0 Å². The fraction of sp³-hybridized carbons (Fsp3) is 0.500. The molecular weight excluding hydrogens is 158 g/mol. The minimum atomic E-state index is 0.565. The van der Waals surface area contributed by atoms with Gasteiger partial charge in [-0.25, -0.2) is 4.02 Å². The van der Waals surface area contributed by atoms with E-state index in [0.29, 0.717) is 6.42 Å². The van der Waals surface area contributed by atoms with Gasteiger partial charge in [-0.05, 0) is 6.42 Å². The maximum Gasteiger partial charge on any atom is 0.120 e. The van der Waals surface area contributed by atoms with Crippen molar-refractivity contribution in [1.29, 1.82) is 0 Å². The minimum absolute atomic E-state index is 0.565. The zero-order valence-corrected chi connectivity index (χ0v) is 5.39. The van der Waals surface area contributed by atoms with Crippen LogP contribution in [0.3, 0.4) is 0 Å². The number of hydrogen-bond acceptors (Lipinski definition) is 2. The third kappa shape index (κ3) is 5.82. The summed E-state index contributed by atoms with van der Waals surface area (Å²) in [7, 11) is 0. The van der Waals surface area contributed by atoms with Gasteiger partial charge in [0.25, 0.3) is 0 Å². The summed E-state index contributed by atoms with van der Waals surface area (Å²) in [5, 5.41) is 0. The molecule has 0 unspecified atom stereocenters. The molecule has 0 aliphatic carbocycles. The second-order valence-electron chi connectivity index (χ2n) is 1.02. The standard InChI is InChI=1S/C4H6BrNO/c5-6-3-1-2-4-7/h3-4H,1-2H2/b6-3+. The van der Waals surface area contributed by atoms with Crippen molar-refractivity contribution in [3.8, 4) is 0 Å². The Morgan fingerprint density at radius 2 is 2.29 bits per heavy atom. The highest BCUT2D eigenvalue weighted by Gasteiger charge is 1.74. The number of rotatable bonds is 3. The van der Waals surface area contributed by atoms with Crippen LogP contribution in [0.4, 0.5) is 0 Å². The average Bonchev–Trinajstić information content (AvgIpc) is 1.69. The predicted molar refractivity (Wildman–Crippen MR) is 32.7 cm³/mol. The van der Waals surface area contributed by atoms with Crippen molar-refractivity contribution in [2.75, 3.05) is 0 Å². The number of carbonyl (C=O) groups is 1. The molecule has 0 saturated heterocycles. The summed E-state index contributed by atoms with van der Waals surface area (Å²) in [6.45, 7) is 0. The van der Waals surface area contributed by atoms with Gasteiger partial charge in [-0.15, -0.1) is 0 Å². The van der Waals surface area contributed by atoms with Crippen molar-refractivity contribution >= 4 is 28.6 Å². The molecule has 0 heterocycles. The predicted octanol–water partition coefficient (Wildman–Crippen LogP) is 1.35. The molecule has 0 aromatic carbocycles. The van der Waals surface area contributed by atoms with E-state index in [2.05, 4.69) is 20.2 Å². The quantitative estimate of drug-likeness (QED) is 0.351. The first-order valence-corrected chi connectivity index (χ1v) is 2.69. The SMILES string of the molecule is O=CCC/C=N/Br. The molecule has 40 valence electrons. The summed E-state index contributed by atoms with van der Waals surface area (Å²) < 4.78 is 3.50. The zero-order valence-electron chi connectivity index (χ0n) is 3.80. The first kappa shape index (κ1) is 6.82. The van der Waals surface area contributed by atoms with Crippen LogP contribution >= 0.6 is 16.1 Å². The van der Waals surface area contributed by atoms with Gasteiger partial charge >= 0.3 is 0 Å². The summed E-state index contributed by atoms with van der Waals surface area (Å²) in [6.07, 6.45) is 3.81. The molecule has 0 atom stereocenters. The van der Waals surface area contributed by atoms with E-state index in [1.807, 2.05) is 0 Å². The van der Waals surface area contributed by atoms with E-state index < -0.39 is 0 Å². The van der Waals surface area contributed by atoms with Crippen LogP contribution in [0.5, 0.6) is 0 Å². The summed E-state index contributed by atoms with van der Waals surface area (Å²) in [5.74, 6) is 0. The van der Waals surface area contributed by atoms with Crippen LogP contribution in [-0.2, 0) is 4.79 Å². The monoisotopic (exact) mass is 163 g/mol. The van der Waals surface area contributed by atoms with Crippen molar-refractivity contribution < 1.29 is 4.79 Å². The first-order chi connectivity index (χ1) is 3.41. The summed E-state index contributed by atoms with van der Waals surface area (Å²) in [4.78, 5) is 9.60. The molecule has 0 saturated carbocycles. The maximum atomic E-state index is 9.60. The van der Waals surface area contributed by atoms with Gasteiger partial charge in [-0.2, -0.15) is 0 Å². The van der Waals surface area contributed by atoms with Crippen LogP contribution in [0.25, 0.3) is 0 Å². The van der Waals surface area contributed by atoms with Crippen LogP contribution in [0.15, 0.2) is 4.02 Å². The highest BCUT2D eigenvalue weighted by molar-refractivity contribution is 9.08. The molecule has 0 spiro atoms. The van der Waals surface area contributed by atoms with E-state index in [0.717, 1.165) is 12.7 Å². The third-order valence-electron chi connectivity index (χ3n) is 0.483. The van der Waals surface area contributed by atoms with Crippen LogP contribution in [-0.4, -0.2) is 12.5 Å². The lowest BCUT2D eigenvalue weighted by Gasteiger charge is -1.74. The summed E-state index contributed by atoms with van der Waals surface area (Å²) in [6, 6.07) is 0. The molecule has 0 aliphatic rings. The fourth-order valence-corrected chi connectivity index (χ4v) is 0.396. The highest BCUT2D eigenvalue weighted by Crippen LogP contribution is 1.82. The number of hydrogen-bond donors (Lipinski definition) is 0. The van der Waals surface area contributed by atoms with Gasteiger partial charge in [0.05, 0.1) is 16.1 Å². The lowest BCUT2D eigenvalue weighted by molar-refractivity contribution is -0.107. The Hall–Kier alpha value is -0.180. The molecule has 0 radical (unpaired) electrons. The lowest BCUT2D eigenvalue weighted by atomic mass is 10.4. The van der Waals surface area contributed by atoms with Crippen molar-refractivity contribution in [1.82, 2.24) is 0 Å². The van der Waals surface area contributed by atoms with Gasteiger partial charge in [0.2, 0.25) is 0 Å². The number of halogens is 1.